The average molecular weight is 678 g/mol. The summed E-state index contributed by atoms with van der Waals surface area (Å²) in [5.41, 5.74) is 2.94. The first kappa shape index (κ1) is 33.3. The van der Waals surface area contributed by atoms with Gasteiger partial charge < -0.3 is 40.5 Å². The van der Waals surface area contributed by atoms with Crippen LogP contribution in [0.5, 0.6) is 11.5 Å². The fraction of sp³-hybridized carbons (Fsp3) is 0.212. The number of para-hydroxylation sites is 2. The van der Waals surface area contributed by atoms with Gasteiger partial charge in [0.1, 0.15) is 32.9 Å². The topological polar surface area (TPSA) is 133 Å². The number of hydrogen-bond acceptors (Lipinski definition) is 10. The second-order valence-corrected chi connectivity index (χ2v) is 11.3. The highest BCUT2D eigenvalue weighted by Gasteiger charge is 2.23. The van der Waals surface area contributed by atoms with Crippen LogP contribution in [-0.2, 0) is 4.79 Å². The van der Waals surface area contributed by atoms with E-state index in [0.717, 1.165) is 43.6 Å². The Morgan fingerprint density at radius 1 is 0.894 bits per heavy atom. The van der Waals surface area contributed by atoms with Crippen LogP contribution in [0.1, 0.15) is 10.4 Å². The molecule has 3 aromatic carbocycles. The summed E-state index contributed by atoms with van der Waals surface area (Å²) < 4.78 is 10.7. The highest BCUT2D eigenvalue weighted by atomic mass is 35.5. The van der Waals surface area contributed by atoms with Gasteiger partial charge in [0.2, 0.25) is 11.9 Å². The van der Waals surface area contributed by atoms with Gasteiger partial charge in [-0.25, -0.2) is 4.98 Å². The van der Waals surface area contributed by atoms with Crippen molar-refractivity contribution >= 4 is 75.2 Å². The van der Waals surface area contributed by atoms with Crippen molar-refractivity contribution in [3.8, 4) is 11.5 Å². The van der Waals surface area contributed by atoms with Crippen LogP contribution in [0, 0.1) is 0 Å². The predicted molar refractivity (Wildman–Crippen MR) is 188 cm³/mol. The molecule has 0 unspecified atom stereocenters. The van der Waals surface area contributed by atoms with Crippen LogP contribution in [0.25, 0.3) is 0 Å². The van der Waals surface area contributed by atoms with Gasteiger partial charge in [-0.15, -0.1) is 0 Å². The van der Waals surface area contributed by atoms with Crippen LogP contribution in [0.3, 0.4) is 0 Å². The fourth-order valence-corrected chi connectivity index (χ4v) is 5.44. The van der Waals surface area contributed by atoms with Crippen molar-refractivity contribution in [1.82, 2.24) is 14.9 Å². The zero-order valence-corrected chi connectivity index (χ0v) is 27.6. The van der Waals surface area contributed by atoms with E-state index in [1.807, 2.05) is 24.3 Å². The summed E-state index contributed by atoms with van der Waals surface area (Å²) in [6.07, 6.45) is 2.53. The maximum Gasteiger partial charge on any atom is 0.261 e. The molecule has 1 aliphatic rings. The van der Waals surface area contributed by atoms with E-state index >= 15 is 0 Å². The molecular formula is C33H34Cl2N8O4. The number of amides is 2. The van der Waals surface area contributed by atoms with Crippen molar-refractivity contribution in [2.45, 2.75) is 0 Å². The van der Waals surface area contributed by atoms with Gasteiger partial charge in [0.05, 0.1) is 31.3 Å². The molecule has 244 valence electrons. The molecule has 14 heteroatoms. The SMILES string of the molecule is C=CC(=O)Nc1ccccc1Nc1nc(Nc2ccc(N3CCN(C)CC3)cc2)ncc1C(=O)Nc1c(Cl)c(OC)cc(OC)c1Cl. The molecule has 47 heavy (non-hydrogen) atoms. The Morgan fingerprint density at radius 3 is 2.15 bits per heavy atom. The van der Waals surface area contributed by atoms with Gasteiger partial charge in [-0.05, 0) is 49.5 Å². The van der Waals surface area contributed by atoms with Crippen molar-refractivity contribution in [2.24, 2.45) is 0 Å². The number of piperazine rings is 1. The average Bonchev–Trinajstić information content (AvgIpc) is 3.08. The molecule has 0 spiro atoms. The van der Waals surface area contributed by atoms with E-state index in [9.17, 15) is 9.59 Å². The van der Waals surface area contributed by atoms with Gasteiger partial charge in [0.25, 0.3) is 5.91 Å². The number of aromatic nitrogens is 2. The van der Waals surface area contributed by atoms with Crippen LogP contribution in [0.15, 0.2) is 73.4 Å². The smallest absolute Gasteiger partial charge is 0.261 e. The molecule has 0 saturated carbocycles. The van der Waals surface area contributed by atoms with Crippen LogP contribution in [0.4, 0.5) is 40.2 Å². The lowest BCUT2D eigenvalue weighted by atomic mass is 10.2. The van der Waals surface area contributed by atoms with Gasteiger partial charge in [0, 0.05) is 49.8 Å². The standard InChI is InChI=1S/C33H34Cl2N8O4/c1-5-27(44)38-23-8-6-7-9-24(23)39-31-22(32(45)40-30-28(34)25(46-3)18-26(47-4)29(30)35)19-36-33(41-31)37-20-10-12-21(13-11-20)43-16-14-42(2)15-17-43/h5-13,18-19H,1,14-17H2,2-4H3,(H,38,44)(H,40,45)(H2,36,37,39,41). The molecule has 1 saturated heterocycles. The van der Waals surface area contributed by atoms with E-state index in [1.54, 1.807) is 24.3 Å². The third-order valence-electron chi connectivity index (χ3n) is 7.46. The number of hydrogen-bond donors (Lipinski definition) is 4. The molecule has 0 atom stereocenters. The highest BCUT2D eigenvalue weighted by molar-refractivity contribution is 6.42. The molecule has 1 fully saturated rings. The van der Waals surface area contributed by atoms with Crippen molar-refractivity contribution in [3.05, 3.63) is 89.1 Å². The van der Waals surface area contributed by atoms with Crippen LogP contribution in [0.2, 0.25) is 10.0 Å². The molecule has 4 aromatic rings. The third kappa shape index (κ3) is 7.86. The first-order valence-corrected chi connectivity index (χ1v) is 15.3. The minimum Gasteiger partial charge on any atom is -0.495 e. The highest BCUT2D eigenvalue weighted by Crippen LogP contribution is 2.44. The zero-order chi connectivity index (χ0) is 33.5. The van der Waals surface area contributed by atoms with E-state index < -0.39 is 11.8 Å². The summed E-state index contributed by atoms with van der Waals surface area (Å²) in [4.78, 5) is 39.6. The lowest BCUT2D eigenvalue weighted by Gasteiger charge is -2.34. The van der Waals surface area contributed by atoms with Crippen LogP contribution in [-0.4, -0.2) is 74.1 Å². The summed E-state index contributed by atoms with van der Waals surface area (Å²) >= 11 is 13.0. The zero-order valence-electron chi connectivity index (χ0n) is 26.1. The molecular weight excluding hydrogens is 643 g/mol. The van der Waals surface area contributed by atoms with Gasteiger partial charge >= 0.3 is 0 Å². The van der Waals surface area contributed by atoms with Crippen molar-refractivity contribution in [3.63, 3.8) is 0 Å². The number of rotatable bonds is 11. The summed E-state index contributed by atoms with van der Waals surface area (Å²) in [6, 6.07) is 16.5. The Bertz CT molecular complexity index is 1750. The quantitative estimate of drug-likeness (QED) is 0.132. The number of carbonyl (C=O) groups is 2. The van der Waals surface area contributed by atoms with Gasteiger partial charge in [-0.2, -0.15) is 4.98 Å². The largest absolute Gasteiger partial charge is 0.495 e. The number of carbonyl (C=O) groups excluding carboxylic acids is 2. The van der Waals surface area contributed by atoms with Crippen molar-refractivity contribution in [2.75, 3.05) is 73.6 Å². The molecule has 5 rings (SSSR count). The number of anilines is 7. The maximum absolute atomic E-state index is 13.8. The van der Waals surface area contributed by atoms with E-state index in [-0.39, 0.29) is 44.6 Å². The molecule has 2 heterocycles. The minimum atomic E-state index is -0.623. The molecule has 0 bridgehead atoms. The number of ether oxygens (including phenoxy) is 2. The number of nitrogens with zero attached hydrogens (tertiary/aromatic N) is 4. The predicted octanol–water partition coefficient (Wildman–Crippen LogP) is 6.42. The van der Waals surface area contributed by atoms with E-state index in [0.29, 0.717) is 11.4 Å². The minimum absolute atomic E-state index is 0.0553. The lowest BCUT2D eigenvalue weighted by Crippen LogP contribution is -2.44. The molecule has 0 aliphatic carbocycles. The Labute approximate surface area is 282 Å². The summed E-state index contributed by atoms with van der Waals surface area (Å²) in [5.74, 6) is -0.161. The normalized spacial score (nSPS) is 13.0. The number of halogens is 2. The second-order valence-electron chi connectivity index (χ2n) is 10.5. The van der Waals surface area contributed by atoms with Crippen LogP contribution >= 0.6 is 23.2 Å². The Morgan fingerprint density at radius 2 is 1.53 bits per heavy atom. The molecule has 0 radical (unpaired) electrons. The molecule has 12 nitrogen and oxygen atoms in total. The van der Waals surface area contributed by atoms with Gasteiger partial charge in [-0.3, -0.25) is 9.59 Å². The van der Waals surface area contributed by atoms with Gasteiger partial charge in [-0.1, -0.05) is 41.9 Å². The molecule has 1 aromatic heterocycles. The summed E-state index contributed by atoms with van der Waals surface area (Å²) in [5, 5.41) is 12.0. The van der Waals surface area contributed by atoms with Gasteiger partial charge in [0.15, 0.2) is 0 Å². The first-order chi connectivity index (χ1) is 22.7. The maximum atomic E-state index is 13.8. The molecule has 1 aliphatic heterocycles. The molecule has 4 N–H and O–H groups in total. The molecule has 2 amide bonds. The Balaban J connectivity index is 1.47. The number of nitrogens with one attached hydrogen (secondary N) is 4. The van der Waals surface area contributed by atoms with E-state index in [2.05, 4.69) is 54.7 Å². The summed E-state index contributed by atoms with van der Waals surface area (Å²) in [6.45, 7) is 7.44. The first-order valence-electron chi connectivity index (χ1n) is 14.6. The summed E-state index contributed by atoms with van der Waals surface area (Å²) in [7, 11) is 4.99. The fourth-order valence-electron chi connectivity index (χ4n) is 4.84. The third-order valence-corrected chi connectivity index (χ3v) is 8.21. The number of benzene rings is 3. The van der Waals surface area contributed by atoms with Crippen molar-refractivity contribution in [1.29, 1.82) is 0 Å². The van der Waals surface area contributed by atoms with Crippen molar-refractivity contribution < 1.29 is 19.1 Å². The second kappa shape index (κ2) is 15.0. The van der Waals surface area contributed by atoms with E-state index in [1.165, 1.54) is 26.5 Å². The number of likely N-dealkylation sites (N-methyl/N-ethyl adjacent to an activating group) is 1. The lowest BCUT2D eigenvalue weighted by molar-refractivity contribution is -0.111. The number of methoxy groups -OCH3 is 2. The van der Waals surface area contributed by atoms with Crippen LogP contribution < -0.4 is 35.6 Å². The monoisotopic (exact) mass is 676 g/mol. The van der Waals surface area contributed by atoms with E-state index in [4.69, 9.17) is 32.7 Å². The Kier molecular flexibility index (Phi) is 10.7. The Hall–Kier alpha value is -5.04.